The van der Waals surface area contributed by atoms with Gasteiger partial charge in [-0.1, -0.05) is 44.2 Å². The molecular weight excluding hydrogens is 264 g/mol. The molecule has 1 heterocycles. The van der Waals surface area contributed by atoms with Crippen molar-refractivity contribution in [2.75, 3.05) is 26.2 Å². The highest BCUT2D eigenvalue weighted by Crippen LogP contribution is 2.27. The molecule has 0 radical (unpaired) electrons. The topological polar surface area (TPSA) is 52.6 Å². The molecule has 0 aromatic heterocycles. The van der Waals surface area contributed by atoms with Crippen molar-refractivity contribution in [3.63, 3.8) is 0 Å². The van der Waals surface area contributed by atoms with Crippen molar-refractivity contribution >= 4 is 5.97 Å². The van der Waals surface area contributed by atoms with Gasteiger partial charge in [0.1, 0.15) is 5.54 Å². The number of nitrogens with zero attached hydrogens (tertiary/aromatic N) is 1. The first kappa shape index (κ1) is 16.0. The second-order valence-electron chi connectivity index (χ2n) is 6.05. The van der Waals surface area contributed by atoms with Gasteiger partial charge in [0, 0.05) is 13.1 Å². The Hall–Kier alpha value is -1.39. The van der Waals surface area contributed by atoms with Crippen LogP contribution in [-0.4, -0.2) is 42.2 Å². The molecule has 2 N–H and O–H groups in total. The Morgan fingerprint density at radius 1 is 1.43 bits per heavy atom. The van der Waals surface area contributed by atoms with Crippen molar-refractivity contribution in [3.8, 4) is 0 Å². The highest BCUT2D eigenvalue weighted by molar-refractivity contribution is 5.80. The Bertz CT molecular complexity index is 463. The van der Waals surface area contributed by atoms with Crippen molar-refractivity contribution < 1.29 is 9.90 Å². The Morgan fingerprint density at radius 2 is 2.14 bits per heavy atom. The van der Waals surface area contributed by atoms with Crippen molar-refractivity contribution in [2.24, 2.45) is 5.92 Å². The van der Waals surface area contributed by atoms with Crippen LogP contribution in [0.5, 0.6) is 0 Å². The lowest BCUT2D eigenvalue weighted by Crippen LogP contribution is -2.51. The molecule has 0 spiro atoms. The molecule has 4 heteroatoms. The number of carbonyl (C=O) groups is 1. The highest BCUT2D eigenvalue weighted by Gasteiger charge is 2.39. The van der Waals surface area contributed by atoms with Crippen LogP contribution >= 0.6 is 0 Å². The van der Waals surface area contributed by atoms with E-state index in [-0.39, 0.29) is 0 Å². The van der Waals surface area contributed by atoms with Crippen LogP contribution in [0.4, 0.5) is 0 Å². The number of hydrogen-bond donors (Lipinski definition) is 2. The maximum absolute atomic E-state index is 12.0. The van der Waals surface area contributed by atoms with Crippen molar-refractivity contribution in [3.05, 3.63) is 35.9 Å². The van der Waals surface area contributed by atoms with Gasteiger partial charge in [0.2, 0.25) is 0 Å². The van der Waals surface area contributed by atoms with Crippen LogP contribution < -0.4 is 5.32 Å². The van der Waals surface area contributed by atoms with Gasteiger partial charge < -0.3 is 10.0 Å². The fourth-order valence-corrected chi connectivity index (χ4v) is 3.22. The number of aliphatic carboxylic acids is 1. The zero-order valence-electron chi connectivity index (χ0n) is 13.0. The van der Waals surface area contributed by atoms with E-state index in [9.17, 15) is 9.90 Å². The second-order valence-corrected chi connectivity index (χ2v) is 6.05. The van der Waals surface area contributed by atoms with E-state index in [2.05, 4.69) is 17.1 Å². The van der Waals surface area contributed by atoms with E-state index < -0.39 is 11.5 Å². The van der Waals surface area contributed by atoms with E-state index in [1.807, 2.05) is 37.3 Å². The van der Waals surface area contributed by atoms with E-state index in [0.29, 0.717) is 13.0 Å². The molecule has 1 aromatic rings. The smallest absolute Gasteiger partial charge is 0.328 e. The van der Waals surface area contributed by atoms with Crippen molar-refractivity contribution in [1.29, 1.82) is 0 Å². The minimum atomic E-state index is -0.984. The van der Waals surface area contributed by atoms with Crippen LogP contribution in [0.3, 0.4) is 0 Å². The zero-order chi connectivity index (χ0) is 15.3. The van der Waals surface area contributed by atoms with Crippen LogP contribution in [0.15, 0.2) is 30.3 Å². The van der Waals surface area contributed by atoms with E-state index in [1.165, 1.54) is 6.42 Å². The SMILES string of the molecule is CCNC(CCN1CCC(C)C1)(C(=O)O)c1ccccc1. The van der Waals surface area contributed by atoms with Crippen molar-refractivity contribution in [1.82, 2.24) is 10.2 Å². The fourth-order valence-electron chi connectivity index (χ4n) is 3.22. The van der Waals surface area contributed by atoms with Gasteiger partial charge in [0.15, 0.2) is 0 Å². The summed E-state index contributed by atoms with van der Waals surface area (Å²) in [5.74, 6) is -0.0668. The van der Waals surface area contributed by atoms with Crippen molar-refractivity contribution in [2.45, 2.75) is 32.2 Å². The number of rotatable bonds is 7. The molecule has 2 unspecified atom stereocenters. The molecule has 116 valence electrons. The third kappa shape index (κ3) is 3.63. The van der Waals surface area contributed by atoms with Gasteiger partial charge in [-0.25, -0.2) is 4.79 Å². The molecule has 0 aliphatic carbocycles. The number of carboxylic acid groups (broad SMARTS) is 1. The Morgan fingerprint density at radius 3 is 2.67 bits per heavy atom. The summed E-state index contributed by atoms with van der Waals surface area (Å²) in [6.45, 7) is 7.83. The third-order valence-corrected chi connectivity index (χ3v) is 4.42. The molecule has 1 aromatic carbocycles. The van der Waals surface area contributed by atoms with Gasteiger partial charge in [0.25, 0.3) is 0 Å². The number of likely N-dealkylation sites (tertiary alicyclic amines) is 1. The molecule has 1 saturated heterocycles. The van der Waals surface area contributed by atoms with Gasteiger partial charge in [-0.15, -0.1) is 0 Å². The summed E-state index contributed by atoms with van der Waals surface area (Å²) in [5.41, 5.74) is -0.145. The summed E-state index contributed by atoms with van der Waals surface area (Å²) in [4.78, 5) is 14.4. The average molecular weight is 290 g/mol. The van der Waals surface area contributed by atoms with E-state index in [4.69, 9.17) is 0 Å². The summed E-state index contributed by atoms with van der Waals surface area (Å²) >= 11 is 0. The van der Waals surface area contributed by atoms with E-state index in [0.717, 1.165) is 31.1 Å². The normalized spacial score (nSPS) is 22.1. The molecule has 0 saturated carbocycles. The largest absolute Gasteiger partial charge is 0.480 e. The van der Waals surface area contributed by atoms with E-state index >= 15 is 0 Å². The first-order valence-electron chi connectivity index (χ1n) is 7.85. The maximum atomic E-state index is 12.0. The second kappa shape index (κ2) is 7.05. The lowest BCUT2D eigenvalue weighted by molar-refractivity contribution is -0.146. The quantitative estimate of drug-likeness (QED) is 0.809. The lowest BCUT2D eigenvalue weighted by atomic mass is 9.86. The van der Waals surface area contributed by atoms with Crippen LogP contribution in [0.1, 0.15) is 32.3 Å². The first-order valence-corrected chi connectivity index (χ1v) is 7.85. The number of nitrogens with one attached hydrogen (secondary N) is 1. The van der Waals surface area contributed by atoms with Gasteiger partial charge in [-0.05, 0) is 37.4 Å². The van der Waals surface area contributed by atoms with Crippen LogP contribution in [0.25, 0.3) is 0 Å². The van der Waals surface area contributed by atoms with E-state index in [1.54, 1.807) is 0 Å². The highest BCUT2D eigenvalue weighted by atomic mass is 16.4. The number of likely N-dealkylation sites (N-methyl/N-ethyl adjacent to an activating group) is 1. The summed E-state index contributed by atoms with van der Waals surface area (Å²) in [6, 6.07) is 9.54. The monoisotopic (exact) mass is 290 g/mol. The minimum Gasteiger partial charge on any atom is -0.480 e. The molecule has 2 rings (SSSR count). The minimum absolute atomic E-state index is 0.590. The van der Waals surface area contributed by atoms with Crippen LogP contribution in [-0.2, 0) is 10.3 Å². The Balaban J connectivity index is 2.17. The van der Waals surface area contributed by atoms with Gasteiger partial charge >= 0.3 is 5.97 Å². The maximum Gasteiger partial charge on any atom is 0.328 e. The Kier molecular flexibility index (Phi) is 5.37. The molecule has 2 atom stereocenters. The summed E-state index contributed by atoms with van der Waals surface area (Å²) in [6.07, 6.45) is 1.81. The predicted octanol–water partition coefficient (Wildman–Crippen LogP) is 2.31. The first-order chi connectivity index (χ1) is 10.1. The van der Waals surface area contributed by atoms with Gasteiger partial charge in [-0.3, -0.25) is 5.32 Å². The number of hydrogen-bond acceptors (Lipinski definition) is 3. The summed E-state index contributed by atoms with van der Waals surface area (Å²) < 4.78 is 0. The van der Waals surface area contributed by atoms with Gasteiger partial charge in [-0.2, -0.15) is 0 Å². The third-order valence-electron chi connectivity index (χ3n) is 4.42. The summed E-state index contributed by atoms with van der Waals surface area (Å²) in [7, 11) is 0. The van der Waals surface area contributed by atoms with Crippen LogP contribution in [0.2, 0.25) is 0 Å². The average Bonchev–Trinajstić information content (AvgIpc) is 2.90. The molecule has 21 heavy (non-hydrogen) atoms. The molecule has 0 amide bonds. The molecule has 4 nitrogen and oxygen atoms in total. The molecule has 1 fully saturated rings. The summed E-state index contributed by atoms with van der Waals surface area (Å²) in [5, 5.41) is 13.1. The van der Waals surface area contributed by atoms with Gasteiger partial charge in [0.05, 0.1) is 0 Å². The van der Waals surface area contributed by atoms with Crippen LogP contribution in [0, 0.1) is 5.92 Å². The fraction of sp³-hybridized carbons (Fsp3) is 0.588. The standard InChI is InChI=1S/C17H26N2O2/c1-3-18-17(16(20)21,15-7-5-4-6-8-15)10-12-19-11-9-14(2)13-19/h4-8,14,18H,3,9-13H2,1-2H3,(H,20,21). The molecule has 1 aliphatic rings. The molecule has 1 aliphatic heterocycles. The lowest BCUT2D eigenvalue weighted by Gasteiger charge is -2.32. The Labute approximate surface area is 127 Å². The molecular formula is C17H26N2O2. The zero-order valence-corrected chi connectivity index (χ0v) is 13.0. The molecule has 0 bridgehead atoms. The number of benzene rings is 1. The predicted molar refractivity (Wildman–Crippen MR) is 84.3 cm³/mol. The number of carboxylic acids is 1.